The summed E-state index contributed by atoms with van der Waals surface area (Å²) in [6, 6.07) is 12.7. The van der Waals surface area contributed by atoms with Gasteiger partial charge in [-0.15, -0.1) is 0 Å². The molecule has 0 spiro atoms. The molecule has 3 aromatic rings. The van der Waals surface area contributed by atoms with E-state index in [1.165, 1.54) is 35.3 Å². The molecule has 174 valence electrons. The quantitative estimate of drug-likeness (QED) is 0.469. The Morgan fingerprint density at radius 2 is 1.73 bits per heavy atom. The first-order valence-electron chi connectivity index (χ1n) is 10.7. The van der Waals surface area contributed by atoms with Gasteiger partial charge in [0.1, 0.15) is 11.4 Å². The standard InChI is InChI=1S/C25H27FN2O5/c1-3-23(29)27(12-13-32-2)16-24(30)28(14-18-8-10-20(26)11-9-18)15-19-17-33-22-7-5-4-6-21(22)25(19)31/h4-11,17H,3,12-16H2,1-2H3. The molecule has 1 aromatic heterocycles. The Balaban J connectivity index is 1.89. The second-order valence-corrected chi connectivity index (χ2v) is 7.62. The molecule has 8 heteroatoms. The van der Waals surface area contributed by atoms with Crippen molar-refractivity contribution in [3.05, 3.63) is 82.0 Å². The molecule has 2 amide bonds. The molecule has 0 saturated heterocycles. The number of carbonyl (C=O) groups is 2. The lowest BCUT2D eigenvalue weighted by Gasteiger charge is -2.27. The van der Waals surface area contributed by atoms with Crippen molar-refractivity contribution in [2.75, 3.05) is 26.8 Å². The number of methoxy groups -OCH3 is 1. The van der Waals surface area contributed by atoms with Gasteiger partial charge >= 0.3 is 0 Å². The first-order valence-corrected chi connectivity index (χ1v) is 10.7. The average molecular weight is 454 g/mol. The summed E-state index contributed by atoms with van der Waals surface area (Å²) in [4.78, 5) is 41.5. The van der Waals surface area contributed by atoms with Crippen molar-refractivity contribution in [2.24, 2.45) is 0 Å². The maximum absolute atomic E-state index is 13.4. The maximum atomic E-state index is 13.4. The molecule has 0 bridgehead atoms. The fourth-order valence-corrected chi connectivity index (χ4v) is 3.46. The van der Waals surface area contributed by atoms with Gasteiger partial charge < -0.3 is 19.0 Å². The van der Waals surface area contributed by atoms with Crippen LogP contribution in [0, 0.1) is 5.82 Å². The number of benzene rings is 2. The minimum Gasteiger partial charge on any atom is -0.464 e. The van der Waals surface area contributed by atoms with Crippen LogP contribution < -0.4 is 5.43 Å². The Morgan fingerprint density at radius 1 is 1.00 bits per heavy atom. The van der Waals surface area contributed by atoms with Crippen molar-refractivity contribution in [1.29, 1.82) is 0 Å². The smallest absolute Gasteiger partial charge is 0.242 e. The van der Waals surface area contributed by atoms with E-state index in [2.05, 4.69) is 0 Å². The molecular weight excluding hydrogens is 427 g/mol. The van der Waals surface area contributed by atoms with Gasteiger partial charge in [-0.2, -0.15) is 0 Å². The van der Waals surface area contributed by atoms with Gasteiger partial charge in [0.25, 0.3) is 0 Å². The summed E-state index contributed by atoms with van der Waals surface area (Å²) in [6.45, 7) is 2.27. The number of fused-ring (bicyclic) bond motifs is 1. The van der Waals surface area contributed by atoms with E-state index in [4.69, 9.17) is 9.15 Å². The normalized spacial score (nSPS) is 10.9. The third-order valence-corrected chi connectivity index (χ3v) is 5.30. The molecule has 0 unspecified atom stereocenters. The molecule has 0 aliphatic carbocycles. The van der Waals surface area contributed by atoms with Crippen LogP contribution in [0.4, 0.5) is 4.39 Å². The molecule has 3 rings (SSSR count). The van der Waals surface area contributed by atoms with Crippen LogP contribution in [-0.4, -0.2) is 48.4 Å². The lowest BCUT2D eigenvalue weighted by molar-refractivity contribution is -0.141. The summed E-state index contributed by atoms with van der Waals surface area (Å²) < 4.78 is 24.0. The third-order valence-electron chi connectivity index (χ3n) is 5.30. The van der Waals surface area contributed by atoms with Gasteiger partial charge in [-0.05, 0) is 29.8 Å². The largest absolute Gasteiger partial charge is 0.464 e. The van der Waals surface area contributed by atoms with Crippen LogP contribution >= 0.6 is 0 Å². The zero-order valence-corrected chi connectivity index (χ0v) is 18.8. The molecule has 33 heavy (non-hydrogen) atoms. The second-order valence-electron chi connectivity index (χ2n) is 7.62. The Morgan fingerprint density at radius 3 is 2.42 bits per heavy atom. The Hall–Kier alpha value is -3.52. The second kappa shape index (κ2) is 11.4. The van der Waals surface area contributed by atoms with Crippen LogP contribution in [0.5, 0.6) is 0 Å². The molecule has 0 aliphatic heterocycles. The fourth-order valence-electron chi connectivity index (χ4n) is 3.46. The molecule has 1 heterocycles. The first-order chi connectivity index (χ1) is 15.9. The van der Waals surface area contributed by atoms with Gasteiger partial charge in [0.15, 0.2) is 5.43 Å². The van der Waals surface area contributed by atoms with Crippen LogP contribution in [0.1, 0.15) is 24.5 Å². The Labute approximate surface area is 191 Å². The summed E-state index contributed by atoms with van der Waals surface area (Å²) in [5, 5.41) is 0.423. The van der Waals surface area contributed by atoms with Crippen LogP contribution in [0.3, 0.4) is 0 Å². The van der Waals surface area contributed by atoms with E-state index >= 15 is 0 Å². The van der Waals surface area contributed by atoms with Gasteiger partial charge in [0.05, 0.1) is 36.9 Å². The van der Waals surface area contributed by atoms with Gasteiger partial charge in [-0.25, -0.2) is 4.39 Å². The number of halogens is 1. The fraction of sp³-hybridized carbons (Fsp3) is 0.320. The minimum absolute atomic E-state index is 0.0121. The first kappa shape index (κ1) is 24.1. The topological polar surface area (TPSA) is 80.1 Å². The number of para-hydroxylation sites is 1. The highest BCUT2D eigenvalue weighted by Crippen LogP contribution is 2.15. The van der Waals surface area contributed by atoms with E-state index < -0.39 is 0 Å². The van der Waals surface area contributed by atoms with Gasteiger partial charge in [0, 0.05) is 26.6 Å². The number of carbonyl (C=O) groups excluding carboxylic acids is 2. The molecule has 7 nitrogen and oxygen atoms in total. The number of nitrogens with zero attached hydrogens (tertiary/aromatic N) is 2. The lowest BCUT2D eigenvalue weighted by atomic mass is 10.1. The van der Waals surface area contributed by atoms with Crippen LogP contribution in [0.2, 0.25) is 0 Å². The van der Waals surface area contributed by atoms with Crippen molar-refractivity contribution in [3.8, 4) is 0 Å². The summed E-state index contributed by atoms with van der Waals surface area (Å²) in [5.74, 6) is -0.900. The van der Waals surface area contributed by atoms with E-state index in [-0.39, 0.29) is 55.7 Å². The highest BCUT2D eigenvalue weighted by Gasteiger charge is 2.22. The molecular formula is C25H27FN2O5. The minimum atomic E-state index is -0.383. The van der Waals surface area contributed by atoms with Crippen molar-refractivity contribution in [2.45, 2.75) is 26.4 Å². The van der Waals surface area contributed by atoms with E-state index in [0.717, 1.165) is 0 Å². The monoisotopic (exact) mass is 454 g/mol. The van der Waals surface area contributed by atoms with E-state index in [1.807, 2.05) is 0 Å². The Kier molecular flexibility index (Phi) is 8.32. The van der Waals surface area contributed by atoms with Gasteiger partial charge in [0.2, 0.25) is 11.8 Å². The predicted molar refractivity (Wildman–Crippen MR) is 122 cm³/mol. The van der Waals surface area contributed by atoms with Crippen LogP contribution in [0.15, 0.2) is 64.0 Å². The van der Waals surface area contributed by atoms with Crippen LogP contribution in [0.25, 0.3) is 11.0 Å². The number of hydrogen-bond acceptors (Lipinski definition) is 5. The summed E-state index contributed by atoms with van der Waals surface area (Å²) in [7, 11) is 1.52. The molecule has 0 fully saturated rings. The Bertz CT molecular complexity index is 1160. The molecule has 0 radical (unpaired) electrons. The highest BCUT2D eigenvalue weighted by molar-refractivity contribution is 5.85. The SMILES string of the molecule is CCC(=O)N(CCOC)CC(=O)N(Cc1ccc(F)cc1)Cc1coc2ccccc2c1=O. The number of ether oxygens (including phenoxy) is 1. The molecule has 0 saturated carbocycles. The van der Waals surface area contributed by atoms with Gasteiger partial charge in [-0.1, -0.05) is 31.2 Å². The number of hydrogen-bond donors (Lipinski definition) is 0. The summed E-state index contributed by atoms with van der Waals surface area (Å²) in [5.41, 5.74) is 1.24. The zero-order chi connectivity index (χ0) is 23.8. The van der Waals surface area contributed by atoms with Crippen molar-refractivity contribution >= 4 is 22.8 Å². The van der Waals surface area contributed by atoms with E-state index in [1.54, 1.807) is 43.3 Å². The molecule has 0 atom stereocenters. The predicted octanol–water partition coefficient (Wildman–Crippen LogP) is 3.35. The summed E-state index contributed by atoms with van der Waals surface area (Å²) in [6.07, 6.45) is 1.61. The lowest BCUT2D eigenvalue weighted by Crippen LogP contribution is -2.44. The third kappa shape index (κ3) is 6.26. The van der Waals surface area contributed by atoms with Crippen molar-refractivity contribution < 1.29 is 23.1 Å². The molecule has 0 aliphatic rings. The van der Waals surface area contributed by atoms with Crippen molar-refractivity contribution in [3.63, 3.8) is 0 Å². The number of rotatable bonds is 10. The molecule has 2 aromatic carbocycles. The van der Waals surface area contributed by atoms with E-state index in [9.17, 15) is 18.8 Å². The molecule has 0 N–H and O–H groups in total. The van der Waals surface area contributed by atoms with Crippen LogP contribution in [-0.2, 0) is 27.4 Å². The summed E-state index contributed by atoms with van der Waals surface area (Å²) >= 11 is 0. The highest BCUT2D eigenvalue weighted by atomic mass is 19.1. The number of amides is 2. The van der Waals surface area contributed by atoms with Gasteiger partial charge in [-0.3, -0.25) is 14.4 Å². The zero-order valence-electron chi connectivity index (χ0n) is 18.8. The average Bonchev–Trinajstić information content (AvgIpc) is 2.83. The van der Waals surface area contributed by atoms with E-state index in [0.29, 0.717) is 28.7 Å². The maximum Gasteiger partial charge on any atom is 0.242 e. The van der Waals surface area contributed by atoms with Crippen molar-refractivity contribution in [1.82, 2.24) is 9.80 Å².